The van der Waals surface area contributed by atoms with Gasteiger partial charge >= 0.3 is 0 Å². The summed E-state index contributed by atoms with van der Waals surface area (Å²) in [7, 11) is -7.75. The molecule has 2 bridgehead atoms. The molecule has 13 heteroatoms. The summed E-state index contributed by atoms with van der Waals surface area (Å²) in [6.45, 7) is 0.406. The third kappa shape index (κ3) is 4.04. The van der Waals surface area contributed by atoms with Crippen molar-refractivity contribution in [2.24, 2.45) is 34.0 Å². The zero-order valence-corrected chi connectivity index (χ0v) is 21.7. The molecule has 1 saturated heterocycles. The quantitative estimate of drug-likeness (QED) is 0.500. The molecule has 1 unspecified atom stereocenters. The highest BCUT2D eigenvalue weighted by Gasteiger charge is 2.60. The van der Waals surface area contributed by atoms with Gasteiger partial charge in [0, 0.05) is 30.6 Å². The van der Waals surface area contributed by atoms with E-state index < -0.39 is 26.0 Å². The fourth-order valence-corrected chi connectivity index (χ4v) is 9.56. The number of hydrogen-bond acceptors (Lipinski definition) is 8. The number of nitrogens with zero attached hydrogens (tertiary/aromatic N) is 2. The maximum absolute atomic E-state index is 13.7. The Kier molecular flexibility index (Phi) is 5.44. The number of carbonyl (C=O) groups is 2. The number of carbonyl (C=O) groups excluding carboxylic acids is 2. The van der Waals surface area contributed by atoms with E-state index in [-0.39, 0.29) is 57.4 Å². The zero-order chi connectivity index (χ0) is 24.7. The molecule has 0 radical (unpaired) electrons. The number of amides is 1. The molecule has 1 aromatic rings. The molecule has 4 fully saturated rings. The summed E-state index contributed by atoms with van der Waals surface area (Å²) in [5.41, 5.74) is 0.270. The van der Waals surface area contributed by atoms with Crippen molar-refractivity contribution in [3.63, 3.8) is 0 Å². The van der Waals surface area contributed by atoms with Crippen molar-refractivity contribution in [2.45, 2.75) is 56.0 Å². The van der Waals surface area contributed by atoms with Crippen LogP contribution in [0.15, 0.2) is 14.7 Å². The van der Waals surface area contributed by atoms with E-state index in [1.54, 1.807) is 5.38 Å². The Balaban J connectivity index is 1.33. The van der Waals surface area contributed by atoms with Crippen molar-refractivity contribution >= 4 is 53.9 Å². The topological polar surface area (TPSA) is 142 Å². The number of fused-ring (bicyclic) bond motifs is 6. The second-order valence-electron chi connectivity index (χ2n) is 10.5. The summed E-state index contributed by atoms with van der Waals surface area (Å²) < 4.78 is 55.5. The number of piperidine rings is 1. The average molecular weight is 541 g/mol. The van der Waals surface area contributed by atoms with Crippen LogP contribution < -0.4 is 10.0 Å². The summed E-state index contributed by atoms with van der Waals surface area (Å²) in [6.07, 6.45) is 7.21. The highest BCUT2D eigenvalue weighted by Crippen LogP contribution is 2.54. The van der Waals surface area contributed by atoms with Crippen LogP contribution in [0.3, 0.4) is 0 Å². The summed E-state index contributed by atoms with van der Waals surface area (Å²) in [5.74, 6) is -0.983. The van der Waals surface area contributed by atoms with Crippen LogP contribution >= 0.6 is 11.3 Å². The van der Waals surface area contributed by atoms with E-state index in [0.29, 0.717) is 18.4 Å². The van der Waals surface area contributed by atoms with E-state index in [0.717, 1.165) is 43.3 Å². The highest BCUT2D eigenvalue weighted by atomic mass is 32.2. The molecule has 1 aromatic heterocycles. The lowest BCUT2D eigenvalue weighted by Gasteiger charge is -2.45. The predicted octanol–water partition coefficient (Wildman–Crippen LogP) is 1.55. The van der Waals surface area contributed by atoms with Gasteiger partial charge in [-0.05, 0) is 48.8 Å². The molecule has 3 aliphatic carbocycles. The molecule has 2 aliphatic heterocycles. The number of amidine groups is 1. The van der Waals surface area contributed by atoms with Crippen LogP contribution in [0, 0.1) is 29.6 Å². The van der Waals surface area contributed by atoms with E-state index in [4.69, 9.17) is 0 Å². The number of ketones is 1. The average Bonchev–Trinajstić information content (AvgIpc) is 3.16. The van der Waals surface area contributed by atoms with Crippen LogP contribution in [-0.2, 0) is 36.2 Å². The number of hydrogen-bond donors (Lipinski definition) is 2. The van der Waals surface area contributed by atoms with Gasteiger partial charge in [-0.2, -0.15) is 8.42 Å². The van der Waals surface area contributed by atoms with E-state index in [9.17, 15) is 26.4 Å². The molecule has 3 saturated carbocycles. The summed E-state index contributed by atoms with van der Waals surface area (Å²) in [5, 5.41) is 4.76. The van der Waals surface area contributed by atoms with Crippen molar-refractivity contribution in [3.8, 4) is 0 Å². The predicted molar refractivity (Wildman–Crippen MR) is 130 cm³/mol. The van der Waals surface area contributed by atoms with Crippen LogP contribution in [0.25, 0.3) is 0 Å². The Bertz CT molecular complexity index is 1350. The van der Waals surface area contributed by atoms with Crippen LogP contribution in [-0.4, -0.2) is 58.1 Å². The van der Waals surface area contributed by atoms with E-state index >= 15 is 0 Å². The molecule has 5 atom stereocenters. The van der Waals surface area contributed by atoms with Crippen LogP contribution in [0.2, 0.25) is 0 Å². The first-order valence-corrected chi connectivity index (χ1v) is 16.3. The van der Waals surface area contributed by atoms with Crippen LogP contribution in [0.4, 0.5) is 5.00 Å². The zero-order valence-electron chi connectivity index (χ0n) is 19.3. The van der Waals surface area contributed by atoms with Crippen LogP contribution in [0.1, 0.15) is 44.1 Å². The van der Waals surface area contributed by atoms with Crippen molar-refractivity contribution in [2.75, 3.05) is 18.1 Å². The third-order valence-electron chi connectivity index (χ3n) is 8.18. The van der Waals surface area contributed by atoms with Crippen molar-refractivity contribution in [1.29, 1.82) is 0 Å². The Morgan fingerprint density at radius 2 is 1.94 bits per heavy atom. The molecule has 5 aliphatic rings. The molecule has 190 valence electrons. The second-order valence-corrected chi connectivity index (χ2v) is 14.8. The monoisotopic (exact) mass is 540 g/mol. The lowest BCUT2D eigenvalue weighted by Crippen LogP contribution is -2.62. The summed E-state index contributed by atoms with van der Waals surface area (Å²) in [6, 6.07) is -0.0736. The first-order valence-electron chi connectivity index (χ1n) is 12.0. The summed E-state index contributed by atoms with van der Waals surface area (Å²) >= 11 is 1.09. The standard InChI is InChI=1S/C22H28N4O6S3/c1-34(29,30)23-9-14-10-33-21-19(14)35(31,32)25-20(24-21)16-18(27)15-12-4-5-13(8-12)17(15)26(22(16)28)7-6-11-2-3-11/h10-13,15-17,23H,2-9H2,1H3,(H,24,25)/t12-,13+,15-,16?,17+/m1/s1. The molecular formula is C22H28N4O6S3. The minimum Gasteiger partial charge on any atom is -0.338 e. The Labute approximate surface area is 208 Å². The summed E-state index contributed by atoms with van der Waals surface area (Å²) in [4.78, 5) is 29.2. The lowest BCUT2D eigenvalue weighted by atomic mass is 9.73. The molecule has 6 rings (SSSR count). The SMILES string of the molecule is CS(=O)(=O)NCc1csc2c1S(=O)(=O)N=C(C1C(=O)[C@@H]3[C@@H]4CC[C@@H](C4)[C@@H]3N(CCC3CC3)C1=O)N2. The molecular weight excluding hydrogens is 512 g/mol. The molecule has 35 heavy (non-hydrogen) atoms. The Morgan fingerprint density at radius 1 is 1.20 bits per heavy atom. The normalized spacial score (nSPS) is 33.3. The first-order chi connectivity index (χ1) is 16.5. The molecule has 1 amide bonds. The van der Waals surface area contributed by atoms with Crippen LogP contribution in [0.5, 0.6) is 0 Å². The van der Waals surface area contributed by atoms with Gasteiger partial charge < -0.3 is 10.2 Å². The van der Waals surface area contributed by atoms with Gasteiger partial charge in [-0.3, -0.25) is 9.59 Å². The number of nitrogens with one attached hydrogen (secondary N) is 2. The molecule has 2 N–H and O–H groups in total. The van der Waals surface area contributed by atoms with E-state index in [1.807, 2.05) is 4.90 Å². The van der Waals surface area contributed by atoms with Gasteiger partial charge in [0.2, 0.25) is 15.9 Å². The van der Waals surface area contributed by atoms with E-state index in [2.05, 4.69) is 14.4 Å². The second kappa shape index (κ2) is 8.09. The van der Waals surface area contributed by atoms with Crippen molar-refractivity contribution in [3.05, 3.63) is 10.9 Å². The van der Waals surface area contributed by atoms with Crippen molar-refractivity contribution < 1.29 is 26.4 Å². The number of anilines is 1. The maximum Gasteiger partial charge on any atom is 0.287 e. The maximum atomic E-state index is 13.7. The largest absolute Gasteiger partial charge is 0.338 e. The smallest absolute Gasteiger partial charge is 0.287 e. The fraction of sp³-hybridized carbons (Fsp3) is 0.682. The molecule has 10 nitrogen and oxygen atoms in total. The van der Waals surface area contributed by atoms with Gasteiger partial charge in [-0.1, -0.05) is 12.8 Å². The highest BCUT2D eigenvalue weighted by molar-refractivity contribution is 7.91. The number of likely N-dealkylation sites (tertiary alicyclic amines) is 1. The molecule has 0 spiro atoms. The number of sulfonamides is 2. The molecule has 0 aromatic carbocycles. The van der Waals surface area contributed by atoms with E-state index in [1.165, 1.54) is 12.8 Å². The van der Waals surface area contributed by atoms with Gasteiger partial charge in [0.05, 0.1) is 6.26 Å². The molecule has 3 heterocycles. The van der Waals surface area contributed by atoms with Crippen molar-refractivity contribution in [1.82, 2.24) is 9.62 Å². The Morgan fingerprint density at radius 3 is 2.66 bits per heavy atom. The number of thiophene rings is 1. The number of rotatable bonds is 7. The minimum absolute atomic E-state index is 0.0736. The minimum atomic E-state index is -4.23. The lowest BCUT2D eigenvalue weighted by molar-refractivity contribution is -0.152. The van der Waals surface area contributed by atoms with Gasteiger partial charge in [0.15, 0.2) is 11.7 Å². The number of Topliss-reactive ketones (excluding diaryl/α,β-unsaturated/α-hetero) is 1. The van der Waals surface area contributed by atoms with Gasteiger partial charge in [-0.25, -0.2) is 13.1 Å². The fourth-order valence-electron chi connectivity index (χ4n) is 6.50. The van der Waals surface area contributed by atoms with Gasteiger partial charge in [0.1, 0.15) is 15.7 Å². The Hall–Kier alpha value is -1.83. The van der Waals surface area contributed by atoms with Gasteiger partial charge in [-0.15, -0.1) is 15.7 Å². The third-order valence-corrected chi connectivity index (χ3v) is 11.3. The van der Waals surface area contributed by atoms with Gasteiger partial charge in [0.25, 0.3) is 10.0 Å². The first kappa shape index (κ1) is 23.6.